The van der Waals surface area contributed by atoms with Crippen molar-refractivity contribution in [3.05, 3.63) is 102 Å². The Labute approximate surface area is 190 Å². The number of benzene rings is 1. The van der Waals surface area contributed by atoms with Gasteiger partial charge in [0.15, 0.2) is 0 Å². The second-order valence-corrected chi connectivity index (χ2v) is 7.77. The zero-order valence-corrected chi connectivity index (χ0v) is 18.0. The lowest BCUT2D eigenvalue weighted by molar-refractivity contribution is 0.137. The van der Waals surface area contributed by atoms with Gasteiger partial charge in [-0.05, 0) is 42.5 Å². The van der Waals surface area contributed by atoms with E-state index in [0.717, 1.165) is 44.8 Å². The third kappa shape index (κ3) is 4.06. The number of hydrogen-bond donors (Lipinski definition) is 2. The first kappa shape index (κ1) is 20.2. The number of fused-ring (bicyclic) bond motifs is 1. The van der Waals surface area contributed by atoms with Gasteiger partial charge in [0.2, 0.25) is 0 Å². The van der Waals surface area contributed by atoms with Crippen molar-refractivity contribution in [2.45, 2.75) is 6.10 Å². The molecular formula is C25H20ClN5O. The summed E-state index contributed by atoms with van der Waals surface area (Å²) >= 11 is 5.95. The molecule has 0 fully saturated rings. The zero-order valence-electron chi connectivity index (χ0n) is 17.3. The van der Waals surface area contributed by atoms with Crippen molar-refractivity contribution in [2.24, 2.45) is 0 Å². The van der Waals surface area contributed by atoms with Crippen molar-refractivity contribution in [3.8, 4) is 11.1 Å². The number of ether oxygens (including phenoxy) is 1. The molecule has 1 atom stereocenters. The van der Waals surface area contributed by atoms with Crippen LogP contribution in [0.15, 0.2) is 85.6 Å². The Kier molecular flexibility index (Phi) is 5.54. The number of H-pyrrole nitrogens is 1. The average molecular weight is 442 g/mol. The highest BCUT2D eigenvalue weighted by atomic mass is 35.5. The number of hydrogen-bond acceptors (Lipinski definition) is 5. The Hall–Kier alpha value is -3.74. The number of pyridine rings is 3. The summed E-state index contributed by atoms with van der Waals surface area (Å²) in [4.78, 5) is 16.6. The molecule has 0 saturated heterocycles. The molecule has 7 heteroatoms. The number of nitrogens with zero attached hydrogens (tertiary/aromatic N) is 3. The van der Waals surface area contributed by atoms with E-state index >= 15 is 0 Å². The lowest BCUT2D eigenvalue weighted by atomic mass is 10.0. The van der Waals surface area contributed by atoms with E-state index in [4.69, 9.17) is 16.3 Å². The van der Waals surface area contributed by atoms with Gasteiger partial charge < -0.3 is 15.0 Å². The van der Waals surface area contributed by atoms with Crippen LogP contribution in [-0.4, -0.2) is 27.0 Å². The molecule has 0 aliphatic heterocycles. The van der Waals surface area contributed by atoms with Gasteiger partial charge in [-0.25, -0.2) is 9.97 Å². The summed E-state index contributed by atoms with van der Waals surface area (Å²) in [5, 5.41) is 4.97. The van der Waals surface area contributed by atoms with Crippen LogP contribution in [0.5, 0.6) is 0 Å². The SMILES string of the molecule is COC(c1ccc(Nc2ccc(Cl)cc2)nc1)c1c[nH]c2ncc(-c3cccnc3)cc12. The molecule has 4 aromatic heterocycles. The summed E-state index contributed by atoms with van der Waals surface area (Å²) in [7, 11) is 1.70. The molecule has 0 aliphatic rings. The number of aromatic nitrogens is 4. The Bertz CT molecular complexity index is 1330. The Balaban J connectivity index is 1.44. The van der Waals surface area contributed by atoms with Gasteiger partial charge in [-0.15, -0.1) is 0 Å². The molecule has 5 aromatic rings. The van der Waals surface area contributed by atoms with Crippen molar-refractivity contribution in [2.75, 3.05) is 12.4 Å². The summed E-state index contributed by atoms with van der Waals surface area (Å²) in [6.07, 6.45) is 8.92. The van der Waals surface area contributed by atoms with Crippen LogP contribution >= 0.6 is 11.6 Å². The van der Waals surface area contributed by atoms with Crippen molar-refractivity contribution in [1.29, 1.82) is 0 Å². The largest absolute Gasteiger partial charge is 0.372 e. The number of methoxy groups -OCH3 is 1. The molecule has 0 aliphatic carbocycles. The molecule has 2 N–H and O–H groups in total. The Morgan fingerprint density at radius 3 is 2.56 bits per heavy atom. The predicted octanol–water partition coefficient (Wildman–Crippen LogP) is 6.15. The lowest BCUT2D eigenvalue weighted by Crippen LogP contribution is -2.04. The van der Waals surface area contributed by atoms with E-state index in [1.54, 1.807) is 13.3 Å². The molecule has 0 bridgehead atoms. The van der Waals surface area contributed by atoms with Gasteiger partial charge in [0, 0.05) is 76.4 Å². The van der Waals surface area contributed by atoms with Gasteiger partial charge in [-0.2, -0.15) is 0 Å². The summed E-state index contributed by atoms with van der Waals surface area (Å²) in [5.41, 5.74) is 5.69. The molecule has 5 rings (SSSR count). The topological polar surface area (TPSA) is 75.7 Å². The zero-order chi connectivity index (χ0) is 21.9. The fourth-order valence-electron chi connectivity index (χ4n) is 3.69. The number of nitrogens with one attached hydrogen (secondary N) is 2. The third-order valence-corrected chi connectivity index (χ3v) is 5.53. The maximum Gasteiger partial charge on any atom is 0.137 e. The van der Waals surface area contributed by atoms with Gasteiger partial charge in [0.1, 0.15) is 17.6 Å². The van der Waals surface area contributed by atoms with E-state index in [9.17, 15) is 0 Å². The number of rotatable bonds is 6. The molecular weight excluding hydrogens is 422 g/mol. The van der Waals surface area contributed by atoms with Crippen LogP contribution in [-0.2, 0) is 4.74 Å². The van der Waals surface area contributed by atoms with E-state index in [1.807, 2.05) is 73.3 Å². The van der Waals surface area contributed by atoms with Crippen LogP contribution in [0.2, 0.25) is 5.02 Å². The summed E-state index contributed by atoms with van der Waals surface area (Å²) in [6, 6.07) is 17.5. The first-order valence-electron chi connectivity index (χ1n) is 10.1. The van der Waals surface area contributed by atoms with E-state index in [1.165, 1.54) is 0 Å². The minimum atomic E-state index is -0.285. The lowest BCUT2D eigenvalue weighted by Gasteiger charge is -2.16. The molecule has 158 valence electrons. The van der Waals surface area contributed by atoms with Gasteiger partial charge in [0.25, 0.3) is 0 Å². The molecule has 32 heavy (non-hydrogen) atoms. The molecule has 1 unspecified atom stereocenters. The minimum Gasteiger partial charge on any atom is -0.372 e. The van der Waals surface area contributed by atoms with Crippen LogP contribution < -0.4 is 5.32 Å². The summed E-state index contributed by atoms with van der Waals surface area (Å²) in [5.74, 6) is 0.741. The number of aromatic amines is 1. The highest BCUT2D eigenvalue weighted by molar-refractivity contribution is 6.30. The van der Waals surface area contributed by atoms with Gasteiger partial charge in [-0.3, -0.25) is 4.98 Å². The molecule has 4 heterocycles. The van der Waals surface area contributed by atoms with Crippen molar-refractivity contribution in [1.82, 2.24) is 19.9 Å². The summed E-state index contributed by atoms with van der Waals surface area (Å²) in [6.45, 7) is 0. The highest BCUT2D eigenvalue weighted by Crippen LogP contribution is 2.33. The van der Waals surface area contributed by atoms with E-state index in [-0.39, 0.29) is 6.10 Å². The van der Waals surface area contributed by atoms with Crippen LogP contribution in [0.4, 0.5) is 11.5 Å². The molecule has 0 spiro atoms. The first-order chi connectivity index (χ1) is 15.7. The fourth-order valence-corrected chi connectivity index (χ4v) is 3.82. The van der Waals surface area contributed by atoms with Crippen LogP contribution in [0, 0.1) is 0 Å². The smallest absolute Gasteiger partial charge is 0.137 e. The fraction of sp³-hybridized carbons (Fsp3) is 0.0800. The predicted molar refractivity (Wildman–Crippen MR) is 127 cm³/mol. The highest BCUT2D eigenvalue weighted by Gasteiger charge is 2.19. The van der Waals surface area contributed by atoms with Crippen LogP contribution in [0.3, 0.4) is 0 Å². The summed E-state index contributed by atoms with van der Waals surface area (Å²) < 4.78 is 5.87. The number of halogens is 1. The minimum absolute atomic E-state index is 0.285. The van der Waals surface area contributed by atoms with Crippen molar-refractivity contribution in [3.63, 3.8) is 0 Å². The van der Waals surface area contributed by atoms with Gasteiger partial charge in [0.05, 0.1) is 0 Å². The van der Waals surface area contributed by atoms with Crippen molar-refractivity contribution < 1.29 is 4.74 Å². The second-order valence-electron chi connectivity index (χ2n) is 7.33. The molecule has 0 amide bonds. The average Bonchev–Trinajstić information content (AvgIpc) is 3.26. The maximum atomic E-state index is 5.95. The quantitative estimate of drug-likeness (QED) is 0.330. The second kappa shape index (κ2) is 8.78. The Morgan fingerprint density at radius 2 is 1.84 bits per heavy atom. The Morgan fingerprint density at radius 1 is 0.969 bits per heavy atom. The van der Waals surface area contributed by atoms with Crippen LogP contribution in [0.25, 0.3) is 22.2 Å². The van der Waals surface area contributed by atoms with E-state index in [2.05, 4.69) is 31.3 Å². The monoisotopic (exact) mass is 441 g/mol. The normalized spacial score (nSPS) is 12.1. The van der Waals surface area contributed by atoms with Gasteiger partial charge in [-0.1, -0.05) is 23.7 Å². The van der Waals surface area contributed by atoms with Gasteiger partial charge >= 0.3 is 0 Å². The molecule has 0 radical (unpaired) electrons. The van der Waals surface area contributed by atoms with Crippen LogP contribution in [0.1, 0.15) is 17.2 Å². The van der Waals surface area contributed by atoms with E-state index < -0.39 is 0 Å². The molecule has 1 aromatic carbocycles. The van der Waals surface area contributed by atoms with E-state index in [0.29, 0.717) is 5.02 Å². The maximum absolute atomic E-state index is 5.95. The van der Waals surface area contributed by atoms with Crippen molar-refractivity contribution >= 4 is 34.1 Å². The number of anilines is 2. The first-order valence-corrected chi connectivity index (χ1v) is 10.5. The third-order valence-electron chi connectivity index (χ3n) is 5.28. The standard InChI is InChI=1S/C25H20ClN5O/c1-32-24(17-4-9-23(28-13-17)31-20-7-5-19(26)6-8-20)22-15-30-25-21(22)11-18(14-29-25)16-3-2-10-27-12-16/h2-15,24H,1H3,(H,28,31)(H,29,30). The molecule has 0 saturated carbocycles. The molecule has 6 nitrogen and oxygen atoms in total.